The summed E-state index contributed by atoms with van der Waals surface area (Å²) in [5.41, 5.74) is 4.28. The Balaban J connectivity index is 2.86. The second-order valence-corrected chi connectivity index (χ2v) is 7.02. The molecule has 0 bridgehead atoms. The Morgan fingerprint density at radius 2 is 1.57 bits per heavy atom. The molecular weight excluding hydrogens is 293 g/mol. The molecule has 0 aliphatic heterocycles. The van der Waals surface area contributed by atoms with Crippen LogP contribution in [0.15, 0.2) is 6.07 Å². The van der Waals surface area contributed by atoms with E-state index in [0.29, 0.717) is 5.52 Å². The van der Waals surface area contributed by atoms with Gasteiger partial charge in [-0.25, -0.2) is 4.79 Å². The van der Waals surface area contributed by atoms with E-state index >= 15 is 0 Å². The highest BCUT2D eigenvalue weighted by atomic mass is 16.6. The highest BCUT2D eigenvalue weighted by Gasteiger charge is 2.29. The number of benzene rings is 1. The summed E-state index contributed by atoms with van der Waals surface area (Å²) in [6, 6.07) is 1.65. The Kier molecular flexibility index (Phi) is 4.35. The molecule has 0 unspecified atom stereocenters. The average Bonchev–Trinajstić information content (AvgIpc) is 2.81. The van der Waals surface area contributed by atoms with Crippen LogP contribution in [0.2, 0.25) is 0 Å². The summed E-state index contributed by atoms with van der Waals surface area (Å²) in [6.45, 7) is 13.3. The van der Waals surface area contributed by atoms with Gasteiger partial charge in [0.05, 0.1) is 11.1 Å². The van der Waals surface area contributed by atoms with Gasteiger partial charge in [-0.05, 0) is 76.8 Å². The molecule has 0 saturated heterocycles. The normalized spacial score (nSPS) is 11.9. The first-order valence-electron chi connectivity index (χ1n) is 7.67. The fourth-order valence-electron chi connectivity index (χ4n) is 2.82. The first-order chi connectivity index (χ1) is 10.5. The number of fused-ring (bicyclic) bond motifs is 1. The number of carbonyl (C=O) groups excluding carboxylic acids is 1. The molecule has 0 atom stereocenters. The van der Waals surface area contributed by atoms with Crippen molar-refractivity contribution in [3.63, 3.8) is 0 Å². The van der Waals surface area contributed by atoms with Crippen molar-refractivity contribution in [2.75, 3.05) is 0 Å². The Labute approximate surface area is 137 Å². The second-order valence-electron chi connectivity index (χ2n) is 7.02. The number of aromatic nitrogens is 1. The second kappa shape index (κ2) is 5.69. The van der Waals surface area contributed by atoms with Crippen molar-refractivity contribution in [3.8, 4) is 0 Å². The Morgan fingerprint density at radius 3 is 2.04 bits per heavy atom. The van der Waals surface area contributed by atoms with Crippen LogP contribution in [0.1, 0.15) is 43.0 Å². The third kappa shape index (κ3) is 3.01. The van der Waals surface area contributed by atoms with Gasteiger partial charge in [-0.2, -0.15) is 0 Å². The number of ether oxygens (including phenoxy) is 1. The van der Waals surface area contributed by atoms with Gasteiger partial charge in [-0.1, -0.05) is 0 Å². The van der Waals surface area contributed by atoms with Crippen molar-refractivity contribution in [2.45, 2.75) is 54.1 Å². The Hall–Kier alpha value is -1.79. The highest BCUT2D eigenvalue weighted by Crippen LogP contribution is 2.30. The van der Waals surface area contributed by atoms with Crippen LogP contribution in [0.3, 0.4) is 0 Å². The molecule has 1 heterocycles. The standard InChI is InChI=1S/C17H24BNO4/c1-9-10(2)12(4)15-13(11(9)3)8-14(18(21)22)19(15)16(20)23-17(5,6)7/h8,21-22H,1-7H3. The van der Waals surface area contributed by atoms with Gasteiger partial charge in [0, 0.05) is 5.39 Å². The summed E-state index contributed by atoms with van der Waals surface area (Å²) >= 11 is 0. The minimum Gasteiger partial charge on any atom is -0.443 e. The number of hydrogen-bond acceptors (Lipinski definition) is 4. The zero-order chi connectivity index (χ0) is 17.7. The first kappa shape index (κ1) is 17.6. The van der Waals surface area contributed by atoms with Crippen molar-refractivity contribution >= 4 is 29.7 Å². The lowest BCUT2D eigenvalue weighted by molar-refractivity contribution is 0.0547. The minimum atomic E-state index is -1.76. The van der Waals surface area contributed by atoms with E-state index in [1.165, 1.54) is 4.57 Å². The first-order valence-corrected chi connectivity index (χ1v) is 7.67. The molecule has 23 heavy (non-hydrogen) atoms. The summed E-state index contributed by atoms with van der Waals surface area (Å²) in [4.78, 5) is 12.6. The summed E-state index contributed by atoms with van der Waals surface area (Å²) in [6.07, 6.45) is -0.610. The molecule has 0 radical (unpaired) electrons. The topological polar surface area (TPSA) is 71.7 Å². The fraction of sp³-hybridized carbons (Fsp3) is 0.471. The summed E-state index contributed by atoms with van der Waals surface area (Å²) in [5, 5.41) is 20.2. The van der Waals surface area contributed by atoms with E-state index in [-0.39, 0.29) is 5.59 Å². The molecule has 1 aromatic carbocycles. The van der Waals surface area contributed by atoms with Gasteiger partial charge < -0.3 is 14.8 Å². The molecule has 0 spiro atoms. The van der Waals surface area contributed by atoms with Crippen LogP contribution in [0.25, 0.3) is 10.9 Å². The van der Waals surface area contributed by atoms with Gasteiger partial charge in [-0.3, -0.25) is 4.57 Å². The SMILES string of the molecule is Cc1c(C)c(C)c2c(cc(B(O)O)n2C(=O)OC(C)(C)C)c1C. The van der Waals surface area contributed by atoms with Gasteiger partial charge in [0.15, 0.2) is 0 Å². The van der Waals surface area contributed by atoms with Crippen molar-refractivity contribution in [3.05, 3.63) is 28.3 Å². The summed E-state index contributed by atoms with van der Waals surface area (Å²) in [7, 11) is -1.76. The van der Waals surface area contributed by atoms with Crippen LogP contribution < -0.4 is 5.59 Å². The molecule has 5 nitrogen and oxygen atoms in total. The molecule has 0 fully saturated rings. The predicted octanol–water partition coefficient (Wildman–Crippen LogP) is 2.34. The maximum Gasteiger partial charge on any atom is 0.506 e. The zero-order valence-corrected chi connectivity index (χ0v) is 14.8. The van der Waals surface area contributed by atoms with Crippen molar-refractivity contribution < 1.29 is 19.6 Å². The summed E-state index contributed by atoms with van der Waals surface area (Å²) < 4.78 is 6.73. The van der Waals surface area contributed by atoms with E-state index in [1.54, 1.807) is 26.8 Å². The zero-order valence-electron chi connectivity index (χ0n) is 14.8. The monoisotopic (exact) mass is 317 g/mol. The molecule has 124 valence electrons. The van der Waals surface area contributed by atoms with Gasteiger partial charge >= 0.3 is 13.2 Å². The van der Waals surface area contributed by atoms with Crippen LogP contribution in [-0.4, -0.2) is 33.4 Å². The molecule has 2 N–H and O–H groups in total. The Bertz CT molecular complexity index is 784. The average molecular weight is 317 g/mol. The molecule has 0 saturated carbocycles. The van der Waals surface area contributed by atoms with Crippen molar-refractivity contribution in [2.24, 2.45) is 0 Å². The van der Waals surface area contributed by atoms with Crippen LogP contribution in [0.4, 0.5) is 4.79 Å². The maximum atomic E-state index is 12.6. The predicted molar refractivity (Wildman–Crippen MR) is 92.3 cm³/mol. The van der Waals surface area contributed by atoms with E-state index in [0.717, 1.165) is 27.6 Å². The van der Waals surface area contributed by atoms with E-state index in [4.69, 9.17) is 4.74 Å². The smallest absolute Gasteiger partial charge is 0.443 e. The van der Waals surface area contributed by atoms with Gasteiger partial charge in [0.1, 0.15) is 5.60 Å². The van der Waals surface area contributed by atoms with Crippen molar-refractivity contribution in [1.82, 2.24) is 4.57 Å². The molecule has 1 aromatic heterocycles. The molecule has 0 aliphatic carbocycles. The molecule has 2 rings (SSSR count). The van der Waals surface area contributed by atoms with E-state index < -0.39 is 18.8 Å². The maximum absolute atomic E-state index is 12.6. The minimum absolute atomic E-state index is 0.116. The number of rotatable bonds is 1. The number of aryl methyl sites for hydroxylation is 2. The number of carbonyl (C=O) groups is 1. The number of nitrogens with zero attached hydrogens (tertiary/aromatic N) is 1. The molecule has 0 amide bonds. The molecule has 6 heteroatoms. The molecule has 2 aromatic rings. The quantitative estimate of drug-likeness (QED) is 0.792. The van der Waals surface area contributed by atoms with E-state index in [1.807, 2.05) is 27.7 Å². The third-order valence-electron chi connectivity index (χ3n) is 4.32. The lowest BCUT2D eigenvalue weighted by atomic mass is 9.86. The van der Waals surface area contributed by atoms with Crippen molar-refractivity contribution in [1.29, 1.82) is 0 Å². The highest BCUT2D eigenvalue weighted by molar-refractivity contribution is 6.59. The largest absolute Gasteiger partial charge is 0.506 e. The number of hydrogen-bond donors (Lipinski definition) is 2. The summed E-state index contributed by atoms with van der Waals surface area (Å²) in [5.74, 6) is 0. The van der Waals surface area contributed by atoms with E-state index in [2.05, 4.69) is 0 Å². The van der Waals surface area contributed by atoms with Crippen LogP contribution in [0, 0.1) is 27.7 Å². The van der Waals surface area contributed by atoms with Gasteiger partial charge in [0.2, 0.25) is 0 Å². The van der Waals surface area contributed by atoms with Crippen LogP contribution >= 0.6 is 0 Å². The fourth-order valence-corrected chi connectivity index (χ4v) is 2.82. The molecular formula is C17H24BNO4. The lowest BCUT2D eigenvalue weighted by Gasteiger charge is -2.22. The van der Waals surface area contributed by atoms with Gasteiger partial charge in [0.25, 0.3) is 0 Å². The van der Waals surface area contributed by atoms with Crippen LogP contribution in [-0.2, 0) is 4.74 Å². The van der Waals surface area contributed by atoms with Gasteiger partial charge in [-0.15, -0.1) is 0 Å². The lowest BCUT2D eigenvalue weighted by Crippen LogP contribution is -2.41. The molecule has 0 aliphatic rings. The van der Waals surface area contributed by atoms with E-state index in [9.17, 15) is 14.8 Å². The Morgan fingerprint density at radius 1 is 1.04 bits per heavy atom. The third-order valence-corrected chi connectivity index (χ3v) is 4.32. The van der Waals surface area contributed by atoms with Crippen LogP contribution in [0.5, 0.6) is 0 Å².